The first-order valence-corrected chi connectivity index (χ1v) is 9.24. The molecule has 2 aliphatic rings. The Morgan fingerprint density at radius 2 is 1.77 bits per heavy atom. The minimum atomic E-state index is -0.342. The van der Waals surface area contributed by atoms with E-state index in [2.05, 4.69) is 17.4 Å². The van der Waals surface area contributed by atoms with Crippen molar-refractivity contribution in [1.29, 1.82) is 0 Å². The smallest absolute Gasteiger partial charge is 0.317 e. The molecular formula is C20H30N2O4. The van der Waals surface area contributed by atoms with Crippen LogP contribution in [0, 0.1) is 0 Å². The lowest BCUT2D eigenvalue weighted by Gasteiger charge is -2.45. The van der Waals surface area contributed by atoms with Gasteiger partial charge in [0.05, 0.1) is 26.4 Å². The predicted molar refractivity (Wildman–Crippen MR) is 100.0 cm³/mol. The highest BCUT2D eigenvalue weighted by atomic mass is 16.5. The molecule has 1 aromatic carbocycles. The largest absolute Gasteiger partial charge is 0.493 e. The fourth-order valence-electron chi connectivity index (χ4n) is 3.87. The van der Waals surface area contributed by atoms with Crippen molar-refractivity contribution < 1.29 is 19.0 Å². The Morgan fingerprint density at radius 1 is 1.15 bits per heavy atom. The van der Waals surface area contributed by atoms with Gasteiger partial charge in [0.25, 0.3) is 0 Å². The number of piperidine rings is 1. The number of nitrogens with zero attached hydrogens (tertiary/aromatic N) is 1. The molecule has 1 saturated heterocycles. The second-order valence-corrected chi connectivity index (χ2v) is 8.12. The van der Waals surface area contributed by atoms with Crippen LogP contribution in [0.1, 0.15) is 44.7 Å². The highest BCUT2D eigenvalue weighted by Gasteiger charge is 2.42. The molecule has 6 nitrogen and oxygen atoms in total. The van der Waals surface area contributed by atoms with Crippen LogP contribution < -0.4 is 14.8 Å². The molecule has 1 N–H and O–H groups in total. The monoisotopic (exact) mass is 362 g/mol. The third-order valence-corrected chi connectivity index (χ3v) is 5.19. The van der Waals surface area contributed by atoms with E-state index in [0.717, 1.165) is 30.8 Å². The highest BCUT2D eigenvalue weighted by molar-refractivity contribution is 5.75. The molecule has 1 spiro atoms. The van der Waals surface area contributed by atoms with E-state index in [0.29, 0.717) is 19.7 Å². The van der Waals surface area contributed by atoms with Crippen molar-refractivity contribution in [3.8, 4) is 11.5 Å². The van der Waals surface area contributed by atoms with Crippen LogP contribution in [-0.2, 0) is 16.8 Å². The maximum Gasteiger partial charge on any atom is 0.317 e. The molecule has 2 heterocycles. The lowest BCUT2D eigenvalue weighted by atomic mass is 9.79. The topological polar surface area (TPSA) is 60.0 Å². The van der Waals surface area contributed by atoms with Crippen molar-refractivity contribution in [3.05, 3.63) is 23.3 Å². The molecule has 1 fully saturated rings. The molecule has 2 amide bonds. The van der Waals surface area contributed by atoms with Crippen LogP contribution in [0.4, 0.5) is 4.79 Å². The first kappa shape index (κ1) is 18.8. The average molecular weight is 362 g/mol. The van der Waals surface area contributed by atoms with Gasteiger partial charge in [-0.3, -0.25) is 0 Å². The number of ether oxygens (including phenoxy) is 3. The van der Waals surface area contributed by atoms with Gasteiger partial charge in [-0.1, -0.05) is 0 Å². The van der Waals surface area contributed by atoms with Gasteiger partial charge in [0.15, 0.2) is 11.5 Å². The van der Waals surface area contributed by atoms with Crippen LogP contribution >= 0.6 is 0 Å². The number of nitrogens with one attached hydrogen (secondary N) is 1. The molecule has 0 bridgehead atoms. The highest BCUT2D eigenvalue weighted by Crippen LogP contribution is 2.45. The van der Waals surface area contributed by atoms with Crippen molar-refractivity contribution in [2.75, 3.05) is 33.9 Å². The number of carbonyl (C=O) groups is 1. The molecule has 144 valence electrons. The summed E-state index contributed by atoms with van der Waals surface area (Å²) in [5, 5.41) is 3.04. The maximum atomic E-state index is 12.5. The third-order valence-electron chi connectivity index (χ3n) is 5.19. The van der Waals surface area contributed by atoms with Crippen LogP contribution in [0.15, 0.2) is 12.1 Å². The zero-order chi connectivity index (χ0) is 18.9. The molecule has 0 unspecified atom stereocenters. The molecule has 0 aromatic heterocycles. The first-order chi connectivity index (χ1) is 12.3. The number of amides is 2. The molecule has 0 aliphatic carbocycles. The van der Waals surface area contributed by atoms with E-state index in [-0.39, 0.29) is 17.2 Å². The normalized spacial score (nSPS) is 19.0. The van der Waals surface area contributed by atoms with Gasteiger partial charge < -0.3 is 24.4 Å². The minimum absolute atomic E-state index is 0.00399. The zero-order valence-electron chi connectivity index (χ0n) is 16.5. The van der Waals surface area contributed by atoms with Crippen LogP contribution in [-0.4, -0.2) is 50.4 Å². The number of rotatable bonds is 2. The number of likely N-dealkylation sites (tertiary alicyclic amines) is 1. The summed E-state index contributed by atoms with van der Waals surface area (Å²) in [7, 11) is 3.31. The second kappa shape index (κ2) is 6.99. The summed E-state index contributed by atoms with van der Waals surface area (Å²) in [6, 6.07) is 4.12. The summed E-state index contributed by atoms with van der Waals surface area (Å²) in [5.41, 5.74) is 1.86. The SMILES string of the molecule is COc1cc2c(cc1OC)C1(CCN(C(=O)NC(C)(C)C)CC1)OCC2. The fraction of sp³-hybridized carbons (Fsp3) is 0.650. The number of benzene rings is 1. The van der Waals surface area contributed by atoms with Crippen molar-refractivity contribution in [3.63, 3.8) is 0 Å². The standard InChI is InChI=1S/C20H30N2O4/c1-19(2,3)21-18(23)22-9-7-20(8-10-22)15-13-17(25-5)16(24-4)12-14(15)6-11-26-20/h12-13H,6-11H2,1-5H3,(H,21,23). The molecule has 0 atom stereocenters. The zero-order valence-corrected chi connectivity index (χ0v) is 16.5. The van der Waals surface area contributed by atoms with Gasteiger partial charge in [-0.2, -0.15) is 0 Å². The van der Waals surface area contributed by atoms with Crippen LogP contribution in [0.2, 0.25) is 0 Å². The number of urea groups is 1. The van der Waals surface area contributed by atoms with Gasteiger partial charge in [-0.25, -0.2) is 4.79 Å². The molecule has 6 heteroatoms. The quantitative estimate of drug-likeness (QED) is 0.878. The number of hydrogen-bond acceptors (Lipinski definition) is 4. The second-order valence-electron chi connectivity index (χ2n) is 8.12. The average Bonchev–Trinajstić information content (AvgIpc) is 2.60. The minimum Gasteiger partial charge on any atom is -0.493 e. The number of fused-ring (bicyclic) bond motifs is 2. The third kappa shape index (κ3) is 3.61. The van der Waals surface area contributed by atoms with Crippen LogP contribution in [0.5, 0.6) is 11.5 Å². The fourth-order valence-corrected chi connectivity index (χ4v) is 3.87. The van der Waals surface area contributed by atoms with E-state index in [1.807, 2.05) is 25.7 Å². The van der Waals surface area contributed by atoms with Gasteiger partial charge in [0, 0.05) is 18.6 Å². The van der Waals surface area contributed by atoms with Gasteiger partial charge >= 0.3 is 6.03 Å². The van der Waals surface area contributed by atoms with E-state index < -0.39 is 0 Å². The van der Waals surface area contributed by atoms with Gasteiger partial charge in [-0.05, 0) is 63.3 Å². The predicted octanol–water partition coefficient (Wildman–Crippen LogP) is 3.08. The summed E-state index contributed by atoms with van der Waals surface area (Å²) < 4.78 is 17.2. The van der Waals surface area contributed by atoms with Crippen molar-refractivity contribution >= 4 is 6.03 Å². The van der Waals surface area contributed by atoms with Crippen LogP contribution in [0.3, 0.4) is 0 Å². The summed E-state index contributed by atoms with van der Waals surface area (Å²) in [5.74, 6) is 1.48. The molecule has 2 aliphatic heterocycles. The lowest BCUT2D eigenvalue weighted by molar-refractivity contribution is -0.0928. The molecule has 0 radical (unpaired) electrons. The van der Waals surface area contributed by atoms with Crippen molar-refractivity contribution in [1.82, 2.24) is 10.2 Å². The molecule has 26 heavy (non-hydrogen) atoms. The Balaban J connectivity index is 1.81. The number of methoxy groups -OCH3 is 2. The Kier molecular flexibility index (Phi) is 5.06. The summed E-state index contributed by atoms with van der Waals surface area (Å²) in [6.45, 7) is 8.03. The van der Waals surface area contributed by atoms with Gasteiger partial charge in [-0.15, -0.1) is 0 Å². The molecule has 0 saturated carbocycles. The molecule has 3 rings (SSSR count). The molecule has 1 aromatic rings. The Labute approximate surface area is 155 Å². The number of carbonyl (C=O) groups excluding carboxylic acids is 1. The van der Waals surface area contributed by atoms with E-state index in [9.17, 15) is 4.79 Å². The van der Waals surface area contributed by atoms with Gasteiger partial charge in [0.1, 0.15) is 0 Å². The van der Waals surface area contributed by atoms with Crippen LogP contribution in [0.25, 0.3) is 0 Å². The first-order valence-electron chi connectivity index (χ1n) is 9.24. The summed E-state index contributed by atoms with van der Waals surface area (Å²) in [4.78, 5) is 14.3. The van der Waals surface area contributed by atoms with E-state index >= 15 is 0 Å². The Morgan fingerprint density at radius 3 is 2.35 bits per heavy atom. The Bertz CT molecular complexity index is 673. The lowest BCUT2D eigenvalue weighted by Crippen LogP contribution is -2.54. The molecular weight excluding hydrogens is 332 g/mol. The number of hydrogen-bond donors (Lipinski definition) is 1. The van der Waals surface area contributed by atoms with E-state index in [1.54, 1.807) is 14.2 Å². The van der Waals surface area contributed by atoms with Gasteiger partial charge in [0.2, 0.25) is 0 Å². The summed E-state index contributed by atoms with van der Waals surface area (Å²) >= 11 is 0. The Hall–Kier alpha value is -1.95. The van der Waals surface area contributed by atoms with Crippen molar-refractivity contribution in [2.45, 2.75) is 51.2 Å². The van der Waals surface area contributed by atoms with Crippen molar-refractivity contribution in [2.24, 2.45) is 0 Å². The van der Waals surface area contributed by atoms with E-state index in [4.69, 9.17) is 14.2 Å². The van der Waals surface area contributed by atoms with E-state index in [1.165, 1.54) is 11.1 Å². The maximum absolute atomic E-state index is 12.5. The summed E-state index contributed by atoms with van der Waals surface area (Å²) in [6.07, 6.45) is 2.44.